The first-order valence-corrected chi connectivity index (χ1v) is 7.17. The van der Waals surface area contributed by atoms with Crippen molar-refractivity contribution in [2.24, 2.45) is 0 Å². The van der Waals surface area contributed by atoms with Gasteiger partial charge in [0.05, 0.1) is 17.9 Å². The number of pyridine rings is 1. The minimum Gasteiger partial charge on any atom is -0.490 e. The van der Waals surface area contributed by atoms with Crippen molar-refractivity contribution in [3.05, 3.63) is 41.3 Å². The molecule has 0 aliphatic rings. The molecule has 3 N–H and O–H groups in total. The van der Waals surface area contributed by atoms with Crippen LogP contribution in [0.25, 0.3) is 11.3 Å². The predicted molar refractivity (Wildman–Crippen MR) is 81.3 cm³/mol. The summed E-state index contributed by atoms with van der Waals surface area (Å²) >= 11 is 0. The highest BCUT2D eigenvalue weighted by Gasteiger charge is 2.24. The molecule has 0 unspecified atom stereocenters. The number of ether oxygens (including phenoxy) is 1. The molecule has 128 valence electrons. The number of carboxylic acids is 1. The summed E-state index contributed by atoms with van der Waals surface area (Å²) < 4.78 is 47.8. The second kappa shape index (κ2) is 7.20. The van der Waals surface area contributed by atoms with Crippen LogP contribution in [0.3, 0.4) is 0 Å². The predicted octanol–water partition coefficient (Wildman–Crippen LogP) is 3.63. The van der Waals surface area contributed by atoms with E-state index in [9.17, 15) is 18.0 Å². The zero-order valence-electron chi connectivity index (χ0n) is 12.8. The van der Waals surface area contributed by atoms with Crippen LogP contribution in [0, 0.1) is 17.5 Å². The van der Waals surface area contributed by atoms with Gasteiger partial charge < -0.3 is 15.6 Å². The monoisotopic (exact) mass is 340 g/mol. The molecule has 0 fully saturated rings. The maximum Gasteiger partial charge on any atom is 0.356 e. The molecule has 0 atom stereocenters. The summed E-state index contributed by atoms with van der Waals surface area (Å²) in [5.74, 6) is -5.19. The summed E-state index contributed by atoms with van der Waals surface area (Å²) in [5.41, 5.74) is 2.64. The number of aromatic carboxylic acids is 1. The number of anilines is 1. The van der Waals surface area contributed by atoms with Crippen LogP contribution < -0.4 is 10.5 Å². The number of nitrogen functional groups attached to an aromatic ring is 1. The van der Waals surface area contributed by atoms with Crippen LogP contribution in [-0.4, -0.2) is 22.7 Å². The lowest BCUT2D eigenvalue weighted by atomic mass is 10.1. The normalized spacial score (nSPS) is 10.7. The summed E-state index contributed by atoms with van der Waals surface area (Å²) in [7, 11) is 0. The molecule has 2 aromatic rings. The van der Waals surface area contributed by atoms with E-state index < -0.39 is 46.1 Å². The van der Waals surface area contributed by atoms with Gasteiger partial charge >= 0.3 is 5.97 Å². The molecule has 8 heteroatoms. The zero-order chi connectivity index (χ0) is 17.9. The van der Waals surface area contributed by atoms with Gasteiger partial charge in [-0.2, -0.15) is 0 Å². The Morgan fingerprint density at radius 3 is 2.62 bits per heavy atom. The summed E-state index contributed by atoms with van der Waals surface area (Å²) in [4.78, 5) is 14.5. The van der Waals surface area contributed by atoms with Gasteiger partial charge in [-0.15, -0.1) is 0 Å². The number of benzene rings is 1. The second-order valence-electron chi connectivity index (χ2n) is 5.00. The third-order valence-electron chi connectivity index (χ3n) is 3.26. The maximum atomic E-state index is 14.5. The van der Waals surface area contributed by atoms with Gasteiger partial charge in [0.15, 0.2) is 23.1 Å². The van der Waals surface area contributed by atoms with E-state index in [1.165, 1.54) is 0 Å². The summed E-state index contributed by atoms with van der Waals surface area (Å²) in [6.07, 6.45) is 1.47. The van der Waals surface area contributed by atoms with E-state index in [0.717, 1.165) is 18.6 Å². The fourth-order valence-electron chi connectivity index (χ4n) is 2.04. The van der Waals surface area contributed by atoms with Crippen LogP contribution in [-0.2, 0) is 0 Å². The van der Waals surface area contributed by atoms with E-state index in [1.807, 2.05) is 6.92 Å². The number of rotatable bonds is 6. The number of nitrogens with zero attached hydrogens (tertiary/aromatic N) is 1. The standard InChI is InChI=1S/C16H15F3N2O3/c1-2-3-6-24-11-5-4-8(17)12(13(11)19)14-9(18)7-10(20)15(21-14)16(22)23/h4-5,7H,2-3,6,20H2,1H3,(H,22,23). The fourth-order valence-corrected chi connectivity index (χ4v) is 2.04. The van der Waals surface area contributed by atoms with E-state index >= 15 is 0 Å². The van der Waals surface area contributed by atoms with Crippen molar-refractivity contribution >= 4 is 11.7 Å². The molecule has 0 spiro atoms. The number of aromatic nitrogens is 1. The minimum absolute atomic E-state index is 0.205. The molecule has 5 nitrogen and oxygen atoms in total. The van der Waals surface area contributed by atoms with Crippen LogP contribution in [0.5, 0.6) is 5.75 Å². The van der Waals surface area contributed by atoms with E-state index in [0.29, 0.717) is 12.5 Å². The zero-order valence-corrected chi connectivity index (χ0v) is 12.8. The van der Waals surface area contributed by atoms with Crippen LogP contribution in [0.4, 0.5) is 18.9 Å². The highest BCUT2D eigenvalue weighted by atomic mass is 19.1. The Labute approximate surface area is 135 Å². The van der Waals surface area contributed by atoms with Gasteiger partial charge in [-0.05, 0) is 18.6 Å². The molecular weight excluding hydrogens is 325 g/mol. The number of hydrogen-bond acceptors (Lipinski definition) is 4. The van der Waals surface area contributed by atoms with E-state index in [2.05, 4.69) is 4.98 Å². The third kappa shape index (κ3) is 3.42. The average Bonchev–Trinajstić information content (AvgIpc) is 2.51. The Bertz CT molecular complexity index is 782. The number of unbranched alkanes of at least 4 members (excludes halogenated alkanes) is 1. The van der Waals surface area contributed by atoms with Gasteiger partial charge in [0, 0.05) is 6.07 Å². The number of hydrogen-bond donors (Lipinski definition) is 2. The number of halogens is 3. The molecule has 0 aliphatic heterocycles. The van der Waals surface area contributed by atoms with Crippen molar-refractivity contribution in [3.8, 4) is 17.0 Å². The van der Waals surface area contributed by atoms with Crippen molar-refractivity contribution in [1.29, 1.82) is 0 Å². The Kier molecular flexibility index (Phi) is 5.28. The minimum atomic E-state index is -1.54. The lowest BCUT2D eigenvalue weighted by Crippen LogP contribution is -2.09. The summed E-state index contributed by atoms with van der Waals surface area (Å²) in [5, 5.41) is 8.99. The first kappa shape index (κ1) is 17.6. The highest BCUT2D eigenvalue weighted by Crippen LogP contribution is 2.33. The van der Waals surface area contributed by atoms with Crippen molar-refractivity contribution < 1.29 is 27.8 Å². The van der Waals surface area contributed by atoms with Gasteiger partial charge in [-0.3, -0.25) is 0 Å². The van der Waals surface area contributed by atoms with Crippen LogP contribution in [0.15, 0.2) is 18.2 Å². The van der Waals surface area contributed by atoms with Crippen molar-refractivity contribution in [2.75, 3.05) is 12.3 Å². The Morgan fingerprint density at radius 1 is 1.29 bits per heavy atom. The molecule has 0 bridgehead atoms. The van der Waals surface area contributed by atoms with Crippen LogP contribution in [0.1, 0.15) is 30.3 Å². The molecule has 2 rings (SSSR count). The van der Waals surface area contributed by atoms with E-state index in [1.54, 1.807) is 0 Å². The largest absolute Gasteiger partial charge is 0.490 e. The second-order valence-corrected chi connectivity index (χ2v) is 5.00. The molecule has 0 aliphatic carbocycles. The molecule has 0 amide bonds. The molecular formula is C16H15F3N2O3. The fraction of sp³-hybridized carbons (Fsp3) is 0.250. The Balaban J connectivity index is 2.57. The Hall–Kier alpha value is -2.77. The quantitative estimate of drug-likeness (QED) is 0.785. The number of carbonyl (C=O) groups is 1. The number of carboxylic acid groups (broad SMARTS) is 1. The maximum absolute atomic E-state index is 14.5. The smallest absolute Gasteiger partial charge is 0.356 e. The molecule has 0 saturated heterocycles. The lowest BCUT2D eigenvalue weighted by Gasteiger charge is -2.12. The van der Waals surface area contributed by atoms with Crippen LogP contribution in [0.2, 0.25) is 0 Å². The Morgan fingerprint density at radius 2 is 2.00 bits per heavy atom. The van der Waals surface area contributed by atoms with Gasteiger partial charge in [-0.25, -0.2) is 22.9 Å². The van der Waals surface area contributed by atoms with E-state index in [4.69, 9.17) is 15.6 Å². The molecule has 1 aromatic heterocycles. The van der Waals surface area contributed by atoms with Crippen molar-refractivity contribution in [1.82, 2.24) is 4.98 Å². The van der Waals surface area contributed by atoms with Gasteiger partial charge in [0.2, 0.25) is 0 Å². The third-order valence-corrected chi connectivity index (χ3v) is 3.26. The summed E-state index contributed by atoms with van der Waals surface area (Å²) in [6, 6.07) is 2.64. The molecule has 0 saturated carbocycles. The first-order valence-electron chi connectivity index (χ1n) is 7.17. The van der Waals surface area contributed by atoms with Gasteiger partial charge in [0.1, 0.15) is 11.5 Å². The van der Waals surface area contributed by atoms with E-state index in [-0.39, 0.29) is 12.4 Å². The molecule has 24 heavy (non-hydrogen) atoms. The first-order chi connectivity index (χ1) is 11.4. The van der Waals surface area contributed by atoms with Crippen LogP contribution >= 0.6 is 0 Å². The highest BCUT2D eigenvalue weighted by molar-refractivity contribution is 5.92. The van der Waals surface area contributed by atoms with Gasteiger partial charge in [0.25, 0.3) is 0 Å². The molecule has 1 heterocycles. The number of nitrogens with two attached hydrogens (primary N) is 1. The topological polar surface area (TPSA) is 85.4 Å². The average molecular weight is 340 g/mol. The lowest BCUT2D eigenvalue weighted by molar-refractivity contribution is 0.0692. The molecule has 0 radical (unpaired) electrons. The van der Waals surface area contributed by atoms with Crippen molar-refractivity contribution in [2.45, 2.75) is 19.8 Å². The summed E-state index contributed by atoms with van der Waals surface area (Å²) in [6.45, 7) is 2.12. The van der Waals surface area contributed by atoms with Gasteiger partial charge in [-0.1, -0.05) is 13.3 Å². The molecule has 1 aromatic carbocycles. The van der Waals surface area contributed by atoms with Crippen molar-refractivity contribution in [3.63, 3.8) is 0 Å². The SMILES string of the molecule is CCCCOc1ccc(F)c(-c2nc(C(=O)O)c(N)cc2F)c1F.